The summed E-state index contributed by atoms with van der Waals surface area (Å²) in [6.07, 6.45) is 0. The average Bonchev–Trinajstić information content (AvgIpc) is 2.89. The highest BCUT2D eigenvalue weighted by molar-refractivity contribution is 6.07. The summed E-state index contributed by atoms with van der Waals surface area (Å²) in [4.78, 5) is 0. The molecule has 0 aliphatic carbocycles. The molecular formula is C19H15N3. The molecule has 1 aromatic heterocycles. The fourth-order valence-corrected chi connectivity index (χ4v) is 2.71. The summed E-state index contributed by atoms with van der Waals surface area (Å²) in [5, 5.41) is 11.2. The molecule has 22 heavy (non-hydrogen) atoms. The summed E-state index contributed by atoms with van der Waals surface area (Å²) in [6, 6.07) is 24.6. The van der Waals surface area contributed by atoms with E-state index in [4.69, 9.17) is 0 Å². The molecule has 106 valence electrons. The molecule has 0 N–H and O–H groups in total. The smallest absolute Gasteiger partial charge is 0.0874 e. The third-order valence-electron chi connectivity index (χ3n) is 3.84. The Morgan fingerprint density at radius 1 is 0.682 bits per heavy atom. The molecule has 0 radical (unpaired) electrons. The fraction of sp³-hybridized carbons (Fsp3) is 0.0526. The second kappa shape index (κ2) is 5.11. The topological polar surface area (TPSA) is 29.6 Å². The SMILES string of the molecule is Cc1ccc(/N=N/n2c3ccccc3c3ccccc32)cc1. The standard InChI is InChI=1S/C19H15N3/c1-14-10-12-15(13-11-14)20-21-22-18-8-4-2-6-16(18)17-7-3-5-9-19(17)22/h2-13H,1H3/b21-20+. The molecule has 0 bridgehead atoms. The van der Waals surface area contributed by atoms with Crippen LogP contribution in [0.5, 0.6) is 0 Å². The van der Waals surface area contributed by atoms with Crippen molar-refractivity contribution in [1.82, 2.24) is 4.68 Å². The van der Waals surface area contributed by atoms with Crippen molar-refractivity contribution < 1.29 is 0 Å². The van der Waals surface area contributed by atoms with Crippen LogP contribution in [0.1, 0.15) is 5.56 Å². The number of nitrogens with zero attached hydrogens (tertiary/aromatic N) is 3. The Morgan fingerprint density at radius 2 is 1.23 bits per heavy atom. The predicted octanol–water partition coefficient (Wildman–Crippen LogP) is 5.65. The Bertz CT molecular complexity index is 925. The van der Waals surface area contributed by atoms with Crippen molar-refractivity contribution >= 4 is 27.5 Å². The van der Waals surface area contributed by atoms with Crippen molar-refractivity contribution in [3.63, 3.8) is 0 Å². The summed E-state index contributed by atoms with van der Waals surface area (Å²) < 4.78 is 1.91. The van der Waals surface area contributed by atoms with Gasteiger partial charge in [0.15, 0.2) is 0 Å². The number of para-hydroxylation sites is 2. The number of rotatable bonds is 2. The summed E-state index contributed by atoms with van der Waals surface area (Å²) in [7, 11) is 0. The maximum Gasteiger partial charge on any atom is 0.0874 e. The Morgan fingerprint density at radius 3 is 1.82 bits per heavy atom. The first-order valence-electron chi connectivity index (χ1n) is 7.30. The third kappa shape index (κ3) is 2.07. The van der Waals surface area contributed by atoms with Gasteiger partial charge in [0.1, 0.15) is 0 Å². The molecule has 4 rings (SSSR count). The molecule has 3 heteroatoms. The van der Waals surface area contributed by atoms with Crippen LogP contribution in [0, 0.1) is 6.92 Å². The molecule has 0 fully saturated rings. The zero-order chi connectivity index (χ0) is 14.9. The lowest BCUT2D eigenvalue weighted by atomic mass is 10.2. The highest BCUT2D eigenvalue weighted by Crippen LogP contribution is 2.29. The van der Waals surface area contributed by atoms with E-state index in [2.05, 4.69) is 53.7 Å². The van der Waals surface area contributed by atoms with Crippen LogP contribution >= 0.6 is 0 Å². The average molecular weight is 285 g/mol. The van der Waals surface area contributed by atoms with Gasteiger partial charge in [-0.05, 0) is 31.2 Å². The van der Waals surface area contributed by atoms with Gasteiger partial charge >= 0.3 is 0 Å². The maximum absolute atomic E-state index is 4.46. The molecule has 0 atom stereocenters. The highest BCUT2D eigenvalue weighted by atomic mass is 15.5. The minimum absolute atomic E-state index is 0.854. The predicted molar refractivity (Wildman–Crippen MR) is 90.5 cm³/mol. The molecular weight excluding hydrogens is 270 g/mol. The number of aryl methyl sites for hydroxylation is 1. The Hall–Kier alpha value is -2.94. The minimum atomic E-state index is 0.854. The van der Waals surface area contributed by atoms with Gasteiger partial charge in [0.25, 0.3) is 0 Å². The zero-order valence-electron chi connectivity index (χ0n) is 12.3. The van der Waals surface area contributed by atoms with Crippen molar-refractivity contribution in [2.45, 2.75) is 6.92 Å². The third-order valence-corrected chi connectivity index (χ3v) is 3.84. The van der Waals surface area contributed by atoms with Crippen LogP contribution in [0.3, 0.4) is 0 Å². The molecule has 0 amide bonds. The van der Waals surface area contributed by atoms with Crippen LogP contribution in [0.4, 0.5) is 5.69 Å². The van der Waals surface area contributed by atoms with Gasteiger partial charge in [-0.1, -0.05) is 59.3 Å². The second-order valence-corrected chi connectivity index (χ2v) is 5.37. The second-order valence-electron chi connectivity index (χ2n) is 5.37. The van der Waals surface area contributed by atoms with E-state index < -0.39 is 0 Å². The van der Waals surface area contributed by atoms with E-state index in [-0.39, 0.29) is 0 Å². The largest absolute Gasteiger partial charge is 0.214 e. The quantitative estimate of drug-likeness (QED) is 0.426. The van der Waals surface area contributed by atoms with Gasteiger partial charge in [0, 0.05) is 10.8 Å². The molecule has 0 spiro atoms. The monoisotopic (exact) mass is 285 g/mol. The first-order valence-corrected chi connectivity index (χ1v) is 7.30. The van der Waals surface area contributed by atoms with E-state index in [1.54, 1.807) is 0 Å². The molecule has 0 aliphatic rings. The normalized spacial score (nSPS) is 11.7. The van der Waals surface area contributed by atoms with Crippen LogP contribution in [-0.4, -0.2) is 4.68 Å². The lowest BCUT2D eigenvalue weighted by molar-refractivity contribution is 0.872. The molecule has 0 saturated carbocycles. The van der Waals surface area contributed by atoms with Gasteiger partial charge in [0.2, 0.25) is 0 Å². The number of hydrogen-bond donors (Lipinski definition) is 0. The van der Waals surface area contributed by atoms with E-state index in [1.807, 2.05) is 41.1 Å². The zero-order valence-corrected chi connectivity index (χ0v) is 12.3. The molecule has 3 nitrogen and oxygen atoms in total. The van der Waals surface area contributed by atoms with Crippen molar-refractivity contribution in [3.05, 3.63) is 78.4 Å². The lowest BCUT2D eigenvalue weighted by Crippen LogP contribution is -1.85. The molecule has 4 aromatic rings. The Labute approximate surface area is 128 Å². The highest BCUT2D eigenvalue weighted by Gasteiger charge is 2.08. The van der Waals surface area contributed by atoms with Crippen molar-refractivity contribution in [2.24, 2.45) is 10.3 Å². The summed E-state index contributed by atoms with van der Waals surface area (Å²) in [5.41, 5.74) is 4.21. The van der Waals surface area contributed by atoms with E-state index >= 15 is 0 Å². The van der Waals surface area contributed by atoms with Crippen LogP contribution < -0.4 is 0 Å². The maximum atomic E-state index is 4.46. The van der Waals surface area contributed by atoms with Gasteiger partial charge < -0.3 is 0 Å². The number of benzene rings is 3. The minimum Gasteiger partial charge on any atom is -0.214 e. The van der Waals surface area contributed by atoms with Gasteiger partial charge in [-0.25, -0.2) is 4.68 Å². The first kappa shape index (κ1) is 12.8. The summed E-state index contributed by atoms with van der Waals surface area (Å²) in [6.45, 7) is 2.06. The Balaban J connectivity index is 1.91. The molecule has 1 heterocycles. The molecule has 0 saturated heterocycles. The number of hydrogen-bond acceptors (Lipinski definition) is 2. The molecule has 0 aliphatic heterocycles. The van der Waals surface area contributed by atoms with Gasteiger partial charge in [-0.3, -0.25) is 0 Å². The van der Waals surface area contributed by atoms with Crippen LogP contribution in [-0.2, 0) is 0 Å². The molecule has 3 aromatic carbocycles. The number of fused-ring (bicyclic) bond motifs is 3. The lowest BCUT2D eigenvalue weighted by Gasteiger charge is -1.98. The van der Waals surface area contributed by atoms with Crippen LogP contribution in [0.25, 0.3) is 21.8 Å². The van der Waals surface area contributed by atoms with Gasteiger partial charge in [-0.2, -0.15) is 0 Å². The van der Waals surface area contributed by atoms with Crippen molar-refractivity contribution in [2.75, 3.05) is 0 Å². The first-order chi connectivity index (χ1) is 10.8. The van der Waals surface area contributed by atoms with Crippen molar-refractivity contribution in [3.8, 4) is 0 Å². The van der Waals surface area contributed by atoms with Gasteiger partial charge in [-0.15, -0.1) is 5.11 Å². The van der Waals surface area contributed by atoms with Crippen molar-refractivity contribution in [1.29, 1.82) is 0 Å². The molecule has 0 unspecified atom stereocenters. The Kier molecular flexibility index (Phi) is 2.97. The fourth-order valence-electron chi connectivity index (χ4n) is 2.71. The van der Waals surface area contributed by atoms with E-state index in [1.165, 1.54) is 16.3 Å². The summed E-state index contributed by atoms with van der Waals surface area (Å²) >= 11 is 0. The van der Waals surface area contributed by atoms with E-state index in [9.17, 15) is 0 Å². The van der Waals surface area contributed by atoms with Crippen LogP contribution in [0.15, 0.2) is 83.1 Å². The van der Waals surface area contributed by atoms with E-state index in [0.717, 1.165) is 16.7 Å². The number of aromatic nitrogens is 1. The van der Waals surface area contributed by atoms with Crippen LogP contribution in [0.2, 0.25) is 0 Å². The summed E-state index contributed by atoms with van der Waals surface area (Å²) in [5.74, 6) is 0. The van der Waals surface area contributed by atoms with E-state index in [0.29, 0.717) is 0 Å². The van der Waals surface area contributed by atoms with Gasteiger partial charge in [0.05, 0.1) is 16.7 Å².